The van der Waals surface area contributed by atoms with Crippen LogP contribution in [0.1, 0.15) is 18.0 Å². The summed E-state index contributed by atoms with van der Waals surface area (Å²) in [6, 6.07) is 10.1. The molecule has 11 heteroatoms. The lowest BCUT2D eigenvalue weighted by Gasteiger charge is -2.38. The van der Waals surface area contributed by atoms with Gasteiger partial charge in [0.05, 0.1) is 26.0 Å². The highest BCUT2D eigenvalue weighted by Gasteiger charge is 2.33. The molecule has 34 heavy (non-hydrogen) atoms. The summed E-state index contributed by atoms with van der Waals surface area (Å²) in [6.45, 7) is 1.34. The number of likely N-dealkylation sites (tertiary alicyclic amines) is 1. The largest absolute Gasteiger partial charge is 0.495 e. The first-order chi connectivity index (χ1) is 16.5. The molecule has 0 bridgehead atoms. The molecular formula is C23H25ClN6O4. The Labute approximate surface area is 201 Å². The maximum absolute atomic E-state index is 12.7. The fourth-order valence-corrected chi connectivity index (χ4v) is 4.02. The van der Waals surface area contributed by atoms with E-state index in [-0.39, 0.29) is 30.4 Å². The van der Waals surface area contributed by atoms with E-state index in [0.717, 1.165) is 5.69 Å². The van der Waals surface area contributed by atoms with Gasteiger partial charge in [-0.2, -0.15) is 0 Å². The lowest BCUT2D eigenvalue weighted by Crippen LogP contribution is -2.52. The fraction of sp³-hybridized carbons (Fsp3) is 0.304. The van der Waals surface area contributed by atoms with Gasteiger partial charge in [-0.05, 0) is 42.8 Å². The van der Waals surface area contributed by atoms with Crippen molar-refractivity contribution in [2.45, 2.75) is 18.4 Å². The number of hydrogen-bond donors (Lipinski definition) is 3. The van der Waals surface area contributed by atoms with Gasteiger partial charge in [-0.25, -0.2) is 9.78 Å². The Bertz CT molecular complexity index is 1090. The van der Waals surface area contributed by atoms with E-state index in [2.05, 4.69) is 25.9 Å². The third-order valence-electron chi connectivity index (χ3n) is 5.55. The zero-order chi connectivity index (χ0) is 23.9. The Kier molecular flexibility index (Phi) is 7.61. The average molecular weight is 485 g/mol. The number of nitrogens with one attached hydrogen (secondary N) is 3. The van der Waals surface area contributed by atoms with E-state index in [1.165, 1.54) is 12.6 Å². The van der Waals surface area contributed by atoms with E-state index in [1.54, 1.807) is 37.6 Å². The Morgan fingerprint density at radius 3 is 2.68 bits per heavy atom. The summed E-state index contributed by atoms with van der Waals surface area (Å²) in [7, 11) is 1.58. The summed E-state index contributed by atoms with van der Waals surface area (Å²) in [6.07, 6.45) is 4.99. The first kappa shape index (κ1) is 23.5. The van der Waals surface area contributed by atoms with Crippen molar-refractivity contribution < 1.29 is 18.7 Å². The normalized spacial score (nSPS) is 18.2. The number of benzene rings is 1. The van der Waals surface area contributed by atoms with Crippen LogP contribution in [0.25, 0.3) is 0 Å². The predicted molar refractivity (Wildman–Crippen MR) is 127 cm³/mol. The number of piperidine rings is 1. The molecule has 1 saturated heterocycles. The minimum atomic E-state index is -0.317. The molecular weight excluding hydrogens is 460 g/mol. The van der Waals surface area contributed by atoms with Gasteiger partial charge in [-0.15, -0.1) is 0 Å². The number of aromatic nitrogens is 2. The van der Waals surface area contributed by atoms with Gasteiger partial charge in [0.2, 0.25) is 11.8 Å². The zero-order valence-corrected chi connectivity index (χ0v) is 19.3. The molecule has 10 nitrogen and oxygen atoms in total. The first-order valence-electron chi connectivity index (χ1n) is 10.7. The molecule has 2 unspecified atom stereocenters. The van der Waals surface area contributed by atoms with E-state index < -0.39 is 0 Å². The molecule has 0 aliphatic carbocycles. The number of pyridine rings is 1. The second-order valence-electron chi connectivity index (χ2n) is 7.88. The smallest absolute Gasteiger partial charge is 0.319 e. The number of nitrogens with zero attached hydrogens (tertiary/aromatic N) is 3. The van der Waals surface area contributed by atoms with Gasteiger partial charge in [0.1, 0.15) is 5.75 Å². The van der Waals surface area contributed by atoms with Crippen molar-refractivity contribution >= 4 is 35.1 Å². The van der Waals surface area contributed by atoms with E-state index in [0.29, 0.717) is 41.9 Å². The third kappa shape index (κ3) is 6.24. The molecule has 3 aromatic rings. The zero-order valence-electron chi connectivity index (χ0n) is 18.5. The van der Waals surface area contributed by atoms with Crippen LogP contribution in [0.4, 0.5) is 16.4 Å². The van der Waals surface area contributed by atoms with Crippen LogP contribution in [-0.2, 0) is 4.79 Å². The molecule has 0 saturated carbocycles. The van der Waals surface area contributed by atoms with Crippen LogP contribution in [0.3, 0.4) is 0 Å². The van der Waals surface area contributed by atoms with Crippen molar-refractivity contribution in [2.75, 3.05) is 37.4 Å². The maximum Gasteiger partial charge on any atom is 0.319 e. The maximum atomic E-state index is 12.7. The molecule has 2 aromatic heterocycles. The van der Waals surface area contributed by atoms with Gasteiger partial charge in [-0.1, -0.05) is 11.6 Å². The van der Waals surface area contributed by atoms with Crippen molar-refractivity contribution in [3.8, 4) is 5.75 Å². The van der Waals surface area contributed by atoms with Gasteiger partial charge >= 0.3 is 6.03 Å². The first-order valence-corrected chi connectivity index (χ1v) is 11.1. The number of hydrogen-bond acceptors (Lipinski definition) is 7. The van der Waals surface area contributed by atoms with Crippen molar-refractivity contribution in [2.24, 2.45) is 0 Å². The van der Waals surface area contributed by atoms with Crippen molar-refractivity contribution in [3.05, 3.63) is 65.9 Å². The Morgan fingerprint density at radius 2 is 2.00 bits per heavy atom. The fourth-order valence-electron chi connectivity index (χ4n) is 3.89. The second kappa shape index (κ2) is 11.0. The van der Waals surface area contributed by atoms with E-state index >= 15 is 0 Å². The number of oxazole rings is 1. The standard InChI is InChI=1S/C23H25ClN6O4/c1-33-17-6-7-19(26-10-17)18-12-30(13-21(31)29-22-11-25-14-34-22)9-8-20(18)28-23(32)27-16-4-2-15(24)3-5-16/h2-7,10-11,14,18,20H,8-9,12-13H2,1H3,(H,29,31)(H2,27,28,32). The lowest BCUT2D eigenvalue weighted by molar-refractivity contribution is -0.117. The molecule has 1 aliphatic heterocycles. The minimum absolute atomic E-state index is 0.131. The van der Waals surface area contributed by atoms with Crippen molar-refractivity contribution in [1.29, 1.82) is 0 Å². The number of carbonyl (C=O) groups is 2. The highest BCUT2D eigenvalue weighted by Crippen LogP contribution is 2.27. The van der Waals surface area contributed by atoms with Gasteiger partial charge in [0, 0.05) is 41.5 Å². The third-order valence-corrected chi connectivity index (χ3v) is 5.80. The van der Waals surface area contributed by atoms with Crippen LogP contribution in [0, 0.1) is 0 Å². The van der Waals surface area contributed by atoms with E-state index in [1.807, 2.05) is 17.0 Å². The molecule has 3 N–H and O–H groups in total. The Morgan fingerprint density at radius 1 is 1.18 bits per heavy atom. The minimum Gasteiger partial charge on any atom is -0.495 e. The molecule has 0 radical (unpaired) electrons. The predicted octanol–water partition coefficient (Wildman–Crippen LogP) is 3.35. The SMILES string of the molecule is COc1ccc(C2CN(CC(=O)Nc3cnco3)CCC2NC(=O)Nc2ccc(Cl)cc2)nc1. The van der Waals surface area contributed by atoms with Crippen LogP contribution in [0.15, 0.2) is 59.6 Å². The summed E-state index contributed by atoms with van der Waals surface area (Å²) in [4.78, 5) is 35.5. The highest BCUT2D eigenvalue weighted by molar-refractivity contribution is 6.30. The number of methoxy groups -OCH3 is 1. The van der Waals surface area contributed by atoms with E-state index in [9.17, 15) is 9.59 Å². The van der Waals surface area contributed by atoms with E-state index in [4.69, 9.17) is 20.8 Å². The Hall–Kier alpha value is -3.63. The summed E-state index contributed by atoms with van der Waals surface area (Å²) in [5.74, 6) is 0.611. The molecule has 2 atom stereocenters. The summed E-state index contributed by atoms with van der Waals surface area (Å²) in [5.41, 5.74) is 1.44. The van der Waals surface area contributed by atoms with Gasteiger partial charge in [0.15, 0.2) is 6.39 Å². The number of halogens is 1. The number of carbonyl (C=O) groups excluding carboxylic acids is 2. The molecule has 1 aromatic carbocycles. The van der Waals surface area contributed by atoms with Crippen LogP contribution in [-0.4, -0.2) is 59.6 Å². The molecule has 1 aliphatic rings. The van der Waals surface area contributed by atoms with Crippen LogP contribution in [0.2, 0.25) is 5.02 Å². The van der Waals surface area contributed by atoms with Crippen molar-refractivity contribution in [1.82, 2.24) is 20.2 Å². The number of rotatable bonds is 7. The van der Waals surface area contributed by atoms with Crippen LogP contribution < -0.4 is 20.7 Å². The van der Waals surface area contributed by atoms with Gasteiger partial charge in [0.25, 0.3) is 0 Å². The number of anilines is 2. The number of ether oxygens (including phenoxy) is 1. The lowest BCUT2D eigenvalue weighted by atomic mass is 9.88. The second-order valence-corrected chi connectivity index (χ2v) is 8.32. The molecule has 4 rings (SSSR count). The summed E-state index contributed by atoms with van der Waals surface area (Å²) >= 11 is 5.92. The quantitative estimate of drug-likeness (QED) is 0.470. The van der Waals surface area contributed by atoms with Gasteiger partial charge < -0.3 is 19.8 Å². The topological polar surface area (TPSA) is 122 Å². The van der Waals surface area contributed by atoms with Crippen LogP contribution in [0.5, 0.6) is 5.75 Å². The summed E-state index contributed by atoms with van der Waals surface area (Å²) in [5, 5.41) is 9.17. The Balaban J connectivity index is 1.43. The monoisotopic (exact) mass is 484 g/mol. The average Bonchev–Trinajstić information content (AvgIpc) is 3.34. The number of urea groups is 1. The highest BCUT2D eigenvalue weighted by atomic mass is 35.5. The molecule has 1 fully saturated rings. The van der Waals surface area contributed by atoms with Crippen molar-refractivity contribution in [3.63, 3.8) is 0 Å². The van der Waals surface area contributed by atoms with Gasteiger partial charge in [-0.3, -0.25) is 20.0 Å². The molecule has 178 valence electrons. The summed E-state index contributed by atoms with van der Waals surface area (Å²) < 4.78 is 10.3. The molecule has 3 heterocycles. The number of amides is 3. The molecule has 0 spiro atoms. The van der Waals surface area contributed by atoms with Crippen LogP contribution >= 0.6 is 11.6 Å². The molecule has 3 amide bonds.